The van der Waals surface area contributed by atoms with Crippen LogP contribution in [0.5, 0.6) is 0 Å². The molecule has 0 unspecified atom stereocenters. The molecule has 0 aliphatic heterocycles. The van der Waals surface area contributed by atoms with Crippen molar-refractivity contribution in [3.8, 4) is 23.3 Å². The molecule has 0 spiro atoms. The van der Waals surface area contributed by atoms with Crippen molar-refractivity contribution in [2.75, 3.05) is 0 Å². The van der Waals surface area contributed by atoms with Gasteiger partial charge in [-0.2, -0.15) is 21.9 Å². The van der Waals surface area contributed by atoms with Crippen LogP contribution in [-0.4, -0.2) is 0 Å². The molecule has 15 heavy (non-hydrogen) atoms. The summed E-state index contributed by atoms with van der Waals surface area (Å²) in [7, 11) is 0. The molecule has 0 amide bonds. The summed E-state index contributed by atoms with van der Waals surface area (Å²) in [5.74, 6) is 0. The molecule has 2 nitrogen and oxygen atoms in total. The van der Waals surface area contributed by atoms with Crippen molar-refractivity contribution in [2.24, 2.45) is 0 Å². The van der Waals surface area contributed by atoms with Crippen molar-refractivity contribution < 1.29 is 0 Å². The number of nitriles is 2. The SMILES string of the molecule is N#Cc1cc(C#N)cc(-c2ccsc2)c1. The Morgan fingerprint density at radius 3 is 2.07 bits per heavy atom. The fourth-order valence-corrected chi connectivity index (χ4v) is 2.02. The van der Waals surface area contributed by atoms with Gasteiger partial charge in [0.1, 0.15) is 0 Å². The molecule has 0 bridgehead atoms. The largest absolute Gasteiger partial charge is 0.192 e. The molecule has 2 aromatic rings. The second-order valence-corrected chi connectivity index (χ2v) is 3.81. The van der Waals surface area contributed by atoms with E-state index in [9.17, 15) is 0 Å². The van der Waals surface area contributed by atoms with E-state index in [0.29, 0.717) is 11.1 Å². The van der Waals surface area contributed by atoms with Gasteiger partial charge in [-0.25, -0.2) is 0 Å². The van der Waals surface area contributed by atoms with Crippen molar-refractivity contribution >= 4 is 11.3 Å². The van der Waals surface area contributed by atoms with Gasteiger partial charge in [0.25, 0.3) is 0 Å². The second kappa shape index (κ2) is 3.96. The van der Waals surface area contributed by atoms with Crippen molar-refractivity contribution in [1.29, 1.82) is 10.5 Å². The molecule has 0 N–H and O–H groups in total. The van der Waals surface area contributed by atoms with Crippen LogP contribution < -0.4 is 0 Å². The van der Waals surface area contributed by atoms with E-state index < -0.39 is 0 Å². The highest BCUT2D eigenvalue weighted by Gasteiger charge is 2.02. The predicted octanol–water partition coefficient (Wildman–Crippen LogP) is 3.16. The molecule has 0 aliphatic carbocycles. The minimum atomic E-state index is 0.523. The van der Waals surface area contributed by atoms with Crippen LogP contribution in [0.2, 0.25) is 0 Å². The highest BCUT2D eigenvalue weighted by atomic mass is 32.1. The Balaban J connectivity index is 2.59. The molecule has 0 aliphatic rings. The Morgan fingerprint density at radius 2 is 1.60 bits per heavy atom. The third-order valence-electron chi connectivity index (χ3n) is 2.05. The first kappa shape index (κ1) is 9.45. The Labute approximate surface area is 91.6 Å². The Morgan fingerprint density at radius 1 is 0.933 bits per heavy atom. The molecule has 2 rings (SSSR count). The zero-order valence-corrected chi connectivity index (χ0v) is 8.58. The average Bonchev–Trinajstić information content (AvgIpc) is 2.81. The number of benzene rings is 1. The lowest BCUT2D eigenvalue weighted by molar-refractivity contribution is 1.45. The lowest BCUT2D eigenvalue weighted by atomic mass is 10.0. The fourth-order valence-electron chi connectivity index (χ4n) is 1.35. The van der Waals surface area contributed by atoms with E-state index in [1.54, 1.807) is 29.5 Å². The van der Waals surface area contributed by atoms with Crippen LogP contribution >= 0.6 is 11.3 Å². The summed E-state index contributed by atoms with van der Waals surface area (Å²) in [5, 5.41) is 21.6. The number of nitrogens with zero attached hydrogens (tertiary/aromatic N) is 2. The molecule has 1 aromatic heterocycles. The van der Waals surface area contributed by atoms with Crippen molar-refractivity contribution in [1.82, 2.24) is 0 Å². The average molecular weight is 210 g/mol. The van der Waals surface area contributed by atoms with Crippen LogP contribution in [0.3, 0.4) is 0 Å². The summed E-state index contributed by atoms with van der Waals surface area (Å²) in [6.45, 7) is 0. The second-order valence-electron chi connectivity index (χ2n) is 3.03. The van der Waals surface area contributed by atoms with Crippen LogP contribution in [0.15, 0.2) is 35.0 Å². The van der Waals surface area contributed by atoms with Crippen molar-refractivity contribution in [2.45, 2.75) is 0 Å². The highest BCUT2D eigenvalue weighted by Crippen LogP contribution is 2.24. The molecular formula is C12H6N2S. The van der Waals surface area contributed by atoms with E-state index in [0.717, 1.165) is 11.1 Å². The monoisotopic (exact) mass is 210 g/mol. The third-order valence-corrected chi connectivity index (χ3v) is 2.73. The Kier molecular flexibility index (Phi) is 2.49. The summed E-state index contributed by atoms with van der Waals surface area (Å²) in [6, 6.07) is 11.3. The maximum Gasteiger partial charge on any atom is 0.0992 e. The number of hydrogen-bond acceptors (Lipinski definition) is 3. The summed E-state index contributed by atoms with van der Waals surface area (Å²) in [6.07, 6.45) is 0. The van der Waals surface area contributed by atoms with E-state index >= 15 is 0 Å². The lowest BCUT2D eigenvalue weighted by Gasteiger charge is -1.99. The number of rotatable bonds is 1. The van der Waals surface area contributed by atoms with E-state index in [4.69, 9.17) is 10.5 Å². The molecule has 0 saturated heterocycles. The van der Waals surface area contributed by atoms with Gasteiger partial charge in [-0.3, -0.25) is 0 Å². The topological polar surface area (TPSA) is 47.6 Å². The van der Waals surface area contributed by atoms with Gasteiger partial charge >= 0.3 is 0 Å². The van der Waals surface area contributed by atoms with Gasteiger partial charge in [-0.1, -0.05) is 0 Å². The van der Waals surface area contributed by atoms with E-state index in [1.807, 2.05) is 16.8 Å². The first-order chi connectivity index (χ1) is 7.33. The maximum atomic E-state index is 8.82. The van der Waals surface area contributed by atoms with E-state index in [-0.39, 0.29) is 0 Å². The normalized spacial score (nSPS) is 9.20. The van der Waals surface area contributed by atoms with Crippen LogP contribution in [0.25, 0.3) is 11.1 Å². The van der Waals surface area contributed by atoms with Crippen LogP contribution in [0, 0.1) is 22.7 Å². The molecule has 1 heterocycles. The fraction of sp³-hybridized carbons (Fsp3) is 0. The predicted molar refractivity (Wildman–Crippen MR) is 59.2 cm³/mol. The number of thiophene rings is 1. The first-order valence-corrected chi connectivity index (χ1v) is 5.25. The van der Waals surface area contributed by atoms with Gasteiger partial charge in [0.15, 0.2) is 0 Å². The van der Waals surface area contributed by atoms with Crippen molar-refractivity contribution in [3.05, 3.63) is 46.2 Å². The van der Waals surface area contributed by atoms with Crippen LogP contribution in [0.4, 0.5) is 0 Å². The summed E-state index contributed by atoms with van der Waals surface area (Å²) in [4.78, 5) is 0. The summed E-state index contributed by atoms with van der Waals surface area (Å²) >= 11 is 1.60. The molecule has 70 valence electrons. The summed E-state index contributed by atoms with van der Waals surface area (Å²) < 4.78 is 0. The van der Waals surface area contributed by atoms with Crippen LogP contribution in [0.1, 0.15) is 11.1 Å². The molecule has 0 radical (unpaired) electrons. The van der Waals surface area contributed by atoms with Crippen molar-refractivity contribution in [3.63, 3.8) is 0 Å². The van der Waals surface area contributed by atoms with Crippen LogP contribution in [-0.2, 0) is 0 Å². The van der Waals surface area contributed by atoms with Gasteiger partial charge < -0.3 is 0 Å². The Hall–Kier alpha value is -2.10. The maximum absolute atomic E-state index is 8.82. The molecule has 3 heteroatoms. The quantitative estimate of drug-likeness (QED) is 0.725. The highest BCUT2D eigenvalue weighted by molar-refractivity contribution is 7.08. The molecule has 0 saturated carbocycles. The van der Waals surface area contributed by atoms with Gasteiger partial charge in [0, 0.05) is 0 Å². The van der Waals surface area contributed by atoms with Gasteiger partial charge in [0.2, 0.25) is 0 Å². The third kappa shape index (κ3) is 1.88. The smallest absolute Gasteiger partial charge is 0.0992 e. The van der Waals surface area contributed by atoms with Gasteiger partial charge in [0.05, 0.1) is 23.3 Å². The molecular weight excluding hydrogens is 204 g/mol. The van der Waals surface area contributed by atoms with E-state index in [2.05, 4.69) is 12.1 Å². The molecule has 0 atom stereocenters. The lowest BCUT2D eigenvalue weighted by Crippen LogP contribution is -1.82. The number of hydrogen-bond donors (Lipinski definition) is 0. The zero-order valence-electron chi connectivity index (χ0n) is 7.77. The first-order valence-electron chi connectivity index (χ1n) is 4.31. The minimum Gasteiger partial charge on any atom is -0.192 e. The van der Waals surface area contributed by atoms with E-state index in [1.165, 1.54) is 0 Å². The molecule has 1 aromatic carbocycles. The van der Waals surface area contributed by atoms with Gasteiger partial charge in [-0.05, 0) is 46.2 Å². The summed E-state index contributed by atoms with van der Waals surface area (Å²) in [5.41, 5.74) is 3.02. The minimum absolute atomic E-state index is 0.523. The standard InChI is InChI=1S/C12H6N2S/c13-6-9-3-10(7-14)5-12(4-9)11-1-2-15-8-11/h1-5,8H. The zero-order chi connectivity index (χ0) is 10.7. The Bertz CT molecular complexity index is 524. The van der Waals surface area contributed by atoms with Gasteiger partial charge in [-0.15, -0.1) is 0 Å². The molecule has 0 fully saturated rings.